The van der Waals surface area contributed by atoms with Crippen molar-refractivity contribution in [1.29, 1.82) is 0 Å². The number of pyridine rings is 1. The maximum absolute atomic E-state index is 12.2. The van der Waals surface area contributed by atoms with Crippen LogP contribution in [-0.4, -0.2) is 20.5 Å². The summed E-state index contributed by atoms with van der Waals surface area (Å²) in [4.78, 5) is 16.0. The first kappa shape index (κ1) is 14.9. The normalized spacial score (nSPS) is 10.5. The number of carbonyl (C=O) groups excluding carboxylic acids is 1. The number of benzene rings is 1. The summed E-state index contributed by atoms with van der Waals surface area (Å²) in [6.45, 7) is 0. The van der Waals surface area contributed by atoms with Gasteiger partial charge in [-0.1, -0.05) is 39.8 Å². The number of hydrogen-bond acceptors (Lipinski definition) is 5. The van der Waals surface area contributed by atoms with Gasteiger partial charge in [-0.3, -0.25) is 4.79 Å². The molecule has 0 aliphatic heterocycles. The lowest BCUT2D eigenvalue weighted by Gasteiger charge is -2.07. The minimum absolute atomic E-state index is 0.0650. The molecular formula is C14H8Cl2N4OS. The van der Waals surface area contributed by atoms with Crippen LogP contribution in [0.2, 0.25) is 10.3 Å². The molecule has 2 heterocycles. The molecule has 5 nitrogen and oxygen atoms in total. The summed E-state index contributed by atoms with van der Waals surface area (Å²) >= 11 is 12.9. The fourth-order valence-electron chi connectivity index (χ4n) is 1.79. The topological polar surface area (TPSA) is 67.8 Å². The van der Waals surface area contributed by atoms with E-state index in [-0.39, 0.29) is 21.8 Å². The number of aromatic nitrogens is 3. The van der Waals surface area contributed by atoms with Crippen molar-refractivity contribution in [1.82, 2.24) is 14.6 Å². The third-order valence-electron chi connectivity index (χ3n) is 2.86. The largest absolute Gasteiger partial charge is 0.322 e. The fraction of sp³-hybridized carbons (Fsp3) is 0. The second-order valence-corrected chi connectivity index (χ2v) is 5.65. The molecule has 22 heavy (non-hydrogen) atoms. The molecule has 1 N–H and O–H groups in total. The minimum Gasteiger partial charge on any atom is -0.322 e. The van der Waals surface area contributed by atoms with E-state index in [0.717, 1.165) is 11.3 Å². The predicted octanol–water partition coefficient (Wildman–Crippen LogP) is 4.16. The Morgan fingerprint density at radius 2 is 1.86 bits per heavy atom. The molecule has 0 saturated heterocycles. The van der Waals surface area contributed by atoms with Crippen LogP contribution >= 0.6 is 34.7 Å². The van der Waals surface area contributed by atoms with Crippen molar-refractivity contribution in [2.45, 2.75) is 0 Å². The molecule has 110 valence electrons. The molecule has 0 radical (unpaired) electrons. The number of anilines is 1. The first-order chi connectivity index (χ1) is 10.6. The first-order valence-electron chi connectivity index (χ1n) is 6.14. The summed E-state index contributed by atoms with van der Waals surface area (Å²) in [6, 6.07) is 10.3. The van der Waals surface area contributed by atoms with Crippen LogP contribution in [0.25, 0.3) is 11.3 Å². The summed E-state index contributed by atoms with van der Waals surface area (Å²) in [6.07, 6.45) is 0. The van der Waals surface area contributed by atoms with Gasteiger partial charge in [0.05, 0.1) is 5.56 Å². The van der Waals surface area contributed by atoms with Gasteiger partial charge in [0, 0.05) is 16.6 Å². The molecule has 8 heteroatoms. The van der Waals surface area contributed by atoms with Crippen molar-refractivity contribution < 1.29 is 4.79 Å². The van der Waals surface area contributed by atoms with Crippen molar-refractivity contribution in [3.8, 4) is 11.3 Å². The van der Waals surface area contributed by atoms with Crippen LogP contribution < -0.4 is 5.32 Å². The lowest BCUT2D eigenvalue weighted by Crippen LogP contribution is -2.12. The van der Waals surface area contributed by atoms with Crippen LogP contribution in [0.4, 0.5) is 5.69 Å². The Hall–Kier alpha value is -2.02. The number of hydrogen-bond donors (Lipinski definition) is 1. The molecule has 3 aromatic rings. The summed E-state index contributed by atoms with van der Waals surface area (Å²) in [5, 5.41) is 8.90. The van der Waals surface area contributed by atoms with Crippen molar-refractivity contribution in [3.63, 3.8) is 0 Å². The van der Waals surface area contributed by atoms with Crippen LogP contribution in [0.15, 0.2) is 41.8 Å². The molecule has 2 aromatic heterocycles. The van der Waals surface area contributed by atoms with Gasteiger partial charge in [0.25, 0.3) is 5.91 Å². The molecule has 0 unspecified atom stereocenters. The van der Waals surface area contributed by atoms with E-state index < -0.39 is 0 Å². The highest BCUT2D eigenvalue weighted by Gasteiger charge is 2.12. The average molecular weight is 351 g/mol. The summed E-state index contributed by atoms with van der Waals surface area (Å²) < 4.78 is 3.82. The molecule has 0 saturated carbocycles. The summed E-state index contributed by atoms with van der Waals surface area (Å²) in [7, 11) is 0. The van der Waals surface area contributed by atoms with Gasteiger partial charge < -0.3 is 5.32 Å². The highest BCUT2D eigenvalue weighted by Crippen LogP contribution is 2.22. The van der Waals surface area contributed by atoms with Crippen molar-refractivity contribution in [3.05, 3.63) is 57.6 Å². The Morgan fingerprint density at radius 1 is 1.09 bits per heavy atom. The molecule has 3 rings (SSSR count). The van der Waals surface area contributed by atoms with Crippen LogP contribution in [0.5, 0.6) is 0 Å². The van der Waals surface area contributed by atoms with Gasteiger partial charge >= 0.3 is 0 Å². The third-order valence-corrected chi connectivity index (χ3v) is 3.86. The number of amides is 1. The lowest BCUT2D eigenvalue weighted by molar-refractivity contribution is 0.102. The van der Waals surface area contributed by atoms with Gasteiger partial charge in [-0.15, -0.1) is 5.10 Å². The van der Waals surface area contributed by atoms with Crippen molar-refractivity contribution >= 4 is 46.3 Å². The molecule has 0 spiro atoms. The first-order valence-corrected chi connectivity index (χ1v) is 7.73. The Morgan fingerprint density at radius 3 is 2.50 bits per heavy atom. The second-order valence-electron chi connectivity index (χ2n) is 4.29. The highest BCUT2D eigenvalue weighted by molar-refractivity contribution is 7.03. The van der Waals surface area contributed by atoms with E-state index in [1.165, 1.54) is 23.7 Å². The Labute approximate surface area is 140 Å². The van der Waals surface area contributed by atoms with Gasteiger partial charge in [0.2, 0.25) is 0 Å². The van der Waals surface area contributed by atoms with E-state index in [0.29, 0.717) is 5.69 Å². The molecule has 0 aliphatic rings. The van der Waals surface area contributed by atoms with Gasteiger partial charge in [-0.05, 0) is 35.8 Å². The second kappa shape index (κ2) is 6.39. The Bertz CT molecular complexity index is 806. The van der Waals surface area contributed by atoms with Crippen molar-refractivity contribution in [2.24, 2.45) is 0 Å². The molecule has 0 fully saturated rings. The van der Waals surface area contributed by atoms with Gasteiger partial charge in [-0.25, -0.2) is 4.98 Å². The zero-order chi connectivity index (χ0) is 15.5. The van der Waals surface area contributed by atoms with E-state index >= 15 is 0 Å². The van der Waals surface area contributed by atoms with E-state index in [1.807, 2.05) is 17.5 Å². The molecule has 1 amide bonds. The van der Waals surface area contributed by atoms with Gasteiger partial charge in [-0.2, -0.15) is 0 Å². The Balaban J connectivity index is 1.77. The number of nitrogens with zero attached hydrogens (tertiary/aromatic N) is 3. The van der Waals surface area contributed by atoms with Crippen molar-refractivity contribution in [2.75, 3.05) is 5.32 Å². The van der Waals surface area contributed by atoms with Crippen LogP contribution in [0.3, 0.4) is 0 Å². The molecule has 1 aromatic carbocycles. The van der Waals surface area contributed by atoms with Gasteiger partial charge in [0.15, 0.2) is 0 Å². The Kier molecular flexibility index (Phi) is 4.33. The van der Waals surface area contributed by atoms with E-state index in [1.54, 1.807) is 12.1 Å². The van der Waals surface area contributed by atoms with E-state index in [4.69, 9.17) is 23.2 Å². The van der Waals surface area contributed by atoms with E-state index in [9.17, 15) is 4.79 Å². The molecular weight excluding hydrogens is 343 g/mol. The highest BCUT2D eigenvalue weighted by atomic mass is 35.5. The maximum Gasteiger partial charge on any atom is 0.258 e. The fourth-order valence-corrected chi connectivity index (χ4v) is 2.69. The zero-order valence-corrected chi connectivity index (χ0v) is 13.3. The number of rotatable bonds is 3. The number of carbonyl (C=O) groups is 1. The van der Waals surface area contributed by atoms with Crippen LogP contribution in [0.1, 0.15) is 10.4 Å². The minimum atomic E-state index is -0.350. The zero-order valence-electron chi connectivity index (χ0n) is 11.0. The number of halogens is 2. The SMILES string of the molecule is O=C(Nc1ccc(-c2csnn2)cc1)c1ccc(Cl)nc1Cl. The number of nitrogens with one attached hydrogen (secondary N) is 1. The molecule has 0 bridgehead atoms. The maximum atomic E-state index is 12.2. The predicted molar refractivity (Wildman–Crippen MR) is 87.6 cm³/mol. The third kappa shape index (κ3) is 3.24. The average Bonchev–Trinajstić information content (AvgIpc) is 3.02. The van der Waals surface area contributed by atoms with Crippen LogP contribution in [0, 0.1) is 0 Å². The van der Waals surface area contributed by atoms with Crippen LogP contribution in [-0.2, 0) is 0 Å². The smallest absolute Gasteiger partial charge is 0.258 e. The summed E-state index contributed by atoms with van der Waals surface area (Å²) in [5.74, 6) is -0.350. The lowest BCUT2D eigenvalue weighted by atomic mass is 10.1. The van der Waals surface area contributed by atoms with E-state index in [2.05, 4.69) is 19.9 Å². The molecule has 0 atom stereocenters. The standard InChI is InChI=1S/C14H8Cl2N4OS/c15-12-6-5-10(13(16)18-12)14(21)17-9-3-1-8(2-4-9)11-7-22-20-19-11/h1-7H,(H,17,21). The quantitative estimate of drug-likeness (QED) is 0.720. The van der Waals surface area contributed by atoms with Gasteiger partial charge in [0.1, 0.15) is 16.0 Å². The monoisotopic (exact) mass is 350 g/mol. The molecule has 0 aliphatic carbocycles. The summed E-state index contributed by atoms with van der Waals surface area (Å²) in [5.41, 5.74) is 2.63.